The highest BCUT2D eigenvalue weighted by molar-refractivity contribution is 5.58. The Labute approximate surface area is 102 Å². The zero-order valence-electron chi connectivity index (χ0n) is 10.2. The molecule has 0 amide bonds. The quantitative estimate of drug-likeness (QED) is 0.495. The van der Waals surface area contributed by atoms with E-state index >= 15 is 0 Å². The van der Waals surface area contributed by atoms with E-state index in [1.54, 1.807) is 0 Å². The first-order valence-corrected chi connectivity index (χ1v) is 5.72. The van der Waals surface area contributed by atoms with Crippen LogP contribution < -0.4 is 16.0 Å². The zero-order valence-corrected chi connectivity index (χ0v) is 10.2. The average molecular weight is 239 g/mol. The summed E-state index contributed by atoms with van der Waals surface area (Å²) in [5.74, 6) is 0. The van der Waals surface area contributed by atoms with Gasteiger partial charge in [0.2, 0.25) is 0 Å². The summed E-state index contributed by atoms with van der Waals surface area (Å²) < 4.78 is 0. The summed E-state index contributed by atoms with van der Waals surface area (Å²) in [6, 6.07) is 5.74. The van der Waals surface area contributed by atoms with Crippen LogP contribution in [0.4, 0.5) is 11.4 Å². The van der Waals surface area contributed by atoms with Crippen molar-refractivity contribution in [3.05, 3.63) is 23.8 Å². The Morgan fingerprint density at radius 3 is 2.41 bits per heavy atom. The fraction of sp³-hybridized carbons (Fsp3) is 0.500. The maximum atomic E-state index is 8.99. The molecule has 0 aliphatic heterocycles. The zero-order chi connectivity index (χ0) is 12.7. The molecule has 0 aromatic heterocycles. The molecule has 0 aliphatic carbocycles. The second-order valence-corrected chi connectivity index (χ2v) is 3.85. The van der Waals surface area contributed by atoms with E-state index in [1.807, 2.05) is 30.1 Å². The lowest BCUT2D eigenvalue weighted by molar-refractivity contribution is 0.281. The molecule has 0 aliphatic rings. The van der Waals surface area contributed by atoms with E-state index in [2.05, 4.69) is 5.32 Å². The van der Waals surface area contributed by atoms with Crippen molar-refractivity contribution in [1.82, 2.24) is 5.32 Å². The number of nitrogen functional groups attached to an aromatic ring is 1. The average Bonchev–Trinajstić information content (AvgIpc) is 2.32. The molecule has 17 heavy (non-hydrogen) atoms. The Morgan fingerprint density at radius 2 is 1.88 bits per heavy atom. The number of aliphatic hydroxyl groups excluding tert-OH is 2. The maximum Gasteiger partial charge on any atom is 0.0606 e. The third-order valence-electron chi connectivity index (χ3n) is 2.60. The first-order valence-electron chi connectivity index (χ1n) is 5.72. The minimum atomic E-state index is 0.0612. The van der Waals surface area contributed by atoms with Crippen molar-refractivity contribution in [2.45, 2.75) is 6.54 Å². The first kappa shape index (κ1) is 13.8. The summed E-state index contributed by atoms with van der Waals surface area (Å²) in [6.07, 6.45) is 0. The fourth-order valence-corrected chi connectivity index (χ4v) is 1.74. The fourth-order valence-electron chi connectivity index (χ4n) is 1.74. The van der Waals surface area contributed by atoms with Crippen molar-refractivity contribution in [1.29, 1.82) is 0 Å². The number of nitrogens with two attached hydrogens (primary N) is 1. The lowest BCUT2D eigenvalue weighted by Gasteiger charge is -2.24. The molecule has 0 bridgehead atoms. The van der Waals surface area contributed by atoms with Gasteiger partial charge in [0, 0.05) is 31.0 Å². The Morgan fingerprint density at radius 1 is 1.24 bits per heavy atom. The van der Waals surface area contributed by atoms with E-state index in [0.29, 0.717) is 19.6 Å². The number of hydrogen-bond acceptors (Lipinski definition) is 5. The van der Waals surface area contributed by atoms with Gasteiger partial charge in [-0.3, -0.25) is 0 Å². The molecule has 0 saturated carbocycles. The Kier molecular flexibility index (Phi) is 5.76. The van der Waals surface area contributed by atoms with E-state index in [-0.39, 0.29) is 13.2 Å². The molecule has 5 nitrogen and oxygen atoms in total. The lowest BCUT2D eigenvalue weighted by Crippen LogP contribution is -2.29. The lowest BCUT2D eigenvalue weighted by atomic mass is 10.1. The normalized spacial score (nSPS) is 10.5. The molecule has 0 fully saturated rings. The van der Waals surface area contributed by atoms with Crippen molar-refractivity contribution < 1.29 is 10.2 Å². The van der Waals surface area contributed by atoms with Crippen molar-refractivity contribution in [3.63, 3.8) is 0 Å². The van der Waals surface area contributed by atoms with Crippen LogP contribution in [0.15, 0.2) is 18.2 Å². The molecule has 1 aromatic carbocycles. The van der Waals surface area contributed by atoms with Crippen LogP contribution in [-0.2, 0) is 6.54 Å². The summed E-state index contributed by atoms with van der Waals surface area (Å²) in [6.45, 7) is 1.83. The highest BCUT2D eigenvalue weighted by atomic mass is 16.3. The van der Waals surface area contributed by atoms with Crippen LogP contribution in [0.3, 0.4) is 0 Å². The standard InChI is InChI=1S/C12H21N3O2/c1-14-9-10-8-11(2-3-12(10)13)15(4-6-16)5-7-17/h2-3,8,14,16-17H,4-7,9,13H2,1H3. The van der Waals surface area contributed by atoms with Crippen LogP contribution in [0, 0.1) is 0 Å². The third-order valence-corrected chi connectivity index (χ3v) is 2.60. The van der Waals surface area contributed by atoms with Gasteiger partial charge in [-0.05, 0) is 30.8 Å². The van der Waals surface area contributed by atoms with Gasteiger partial charge in [0.15, 0.2) is 0 Å². The molecule has 0 saturated heterocycles. The number of hydrogen-bond donors (Lipinski definition) is 4. The molecule has 0 radical (unpaired) electrons. The van der Waals surface area contributed by atoms with Crippen LogP contribution in [0.25, 0.3) is 0 Å². The van der Waals surface area contributed by atoms with E-state index in [9.17, 15) is 0 Å². The molecular formula is C12H21N3O2. The minimum absolute atomic E-state index is 0.0612. The third kappa shape index (κ3) is 3.89. The summed E-state index contributed by atoms with van der Waals surface area (Å²) in [7, 11) is 1.87. The van der Waals surface area contributed by atoms with Crippen molar-refractivity contribution >= 4 is 11.4 Å². The SMILES string of the molecule is CNCc1cc(N(CCO)CCO)ccc1N. The molecule has 1 rings (SSSR count). The molecule has 0 unspecified atom stereocenters. The number of nitrogens with zero attached hydrogens (tertiary/aromatic N) is 1. The smallest absolute Gasteiger partial charge is 0.0606 e. The first-order chi connectivity index (χ1) is 8.22. The van der Waals surface area contributed by atoms with E-state index in [1.165, 1.54) is 0 Å². The number of nitrogens with one attached hydrogen (secondary N) is 1. The topological polar surface area (TPSA) is 81.8 Å². The highest BCUT2D eigenvalue weighted by Crippen LogP contribution is 2.21. The molecule has 0 heterocycles. The summed E-state index contributed by atoms with van der Waals surface area (Å²) in [5, 5.41) is 21.0. The Balaban J connectivity index is 2.90. The van der Waals surface area contributed by atoms with E-state index < -0.39 is 0 Å². The number of anilines is 2. The van der Waals surface area contributed by atoms with Gasteiger partial charge in [0.1, 0.15) is 0 Å². The van der Waals surface area contributed by atoms with E-state index in [4.69, 9.17) is 15.9 Å². The molecule has 5 N–H and O–H groups in total. The molecule has 96 valence electrons. The van der Waals surface area contributed by atoms with Crippen LogP contribution in [0.2, 0.25) is 0 Å². The summed E-state index contributed by atoms with van der Waals surface area (Å²) in [5.41, 5.74) is 8.60. The minimum Gasteiger partial charge on any atom is -0.398 e. The van der Waals surface area contributed by atoms with Gasteiger partial charge in [-0.2, -0.15) is 0 Å². The van der Waals surface area contributed by atoms with E-state index in [0.717, 1.165) is 16.9 Å². The van der Waals surface area contributed by atoms with Gasteiger partial charge in [0.25, 0.3) is 0 Å². The molecular weight excluding hydrogens is 218 g/mol. The predicted molar refractivity (Wildman–Crippen MR) is 70.0 cm³/mol. The number of rotatable bonds is 7. The molecule has 1 aromatic rings. The second-order valence-electron chi connectivity index (χ2n) is 3.85. The monoisotopic (exact) mass is 239 g/mol. The summed E-state index contributed by atoms with van der Waals surface area (Å²) in [4.78, 5) is 1.93. The summed E-state index contributed by atoms with van der Waals surface area (Å²) >= 11 is 0. The number of aliphatic hydroxyl groups is 2. The molecule has 0 spiro atoms. The van der Waals surface area contributed by atoms with Gasteiger partial charge in [-0.1, -0.05) is 0 Å². The largest absolute Gasteiger partial charge is 0.398 e. The van der Waals surface area contributed by atoms with Crippen molar-refractivity contribution in [2.24, 2.45) is 0 Å². The highest BCUT2D eigenvalue weighted by Gasteiger charge is 2.07. The van der Waals surface area contributed by atoms with Gasteiger partial charge >= 0.3 is 0 Å². The van der Waals surface area contributed by atoms with Gasteiger partial charge in [-0.15, -0.1) is 0 Å². The van der Waals surface area contributed by atoms with Gasteiger partial charge < -0.3 is 26.2 Å². The molecule has 0 atom stereocenters. The molecule has 5 heteroatoms. The van der Waals surface area contributed by atoms with Crippen molar-refractivity contribution in [2.75, 3.05) is 44.0 Å². The van der Waals surface area contributed by atoms with Crippen LogP contribution >= 0.6 is 0 Å². The maximum absolute atomic E-state index is 8.99. The number of benzene rings is 1. The van der Waals surface area contributed by atoms with Crippen LogP contribution in [-0.4, -0.2) is 43.6 Å². The van der Waals surface area contributed by atoms with Crippen molar-refractivity contribution in [3.8, 4) is 0 Å². The van der Waals surface area contributed by atoms with Gasteiger partial charge in [0.05, 0.1) is 13.2 Å². The van der Waals surface area contributed by atoms with Crippen LogP contribution in [0.1, 0.15) is 5.56 Å². The van der Waals surface area contributed by atoms with Gasteiger partial charge in [-0.25, -0.2) is 0 Å². The Hall–Kier alpha value is -1.30. The van der Waals surface area contributed by atoms with Crippen LogP contribution in [0.5, 0.6) is 0 Å². The predicted octanol–water partition coefficient (Wildman–Crippen LogP) is -0.221. The Bertz CT molecular complexity index is 339. The second kappa shape index (κ2) is 7.11.